The average molecular weight is 312 g/mol. The van der Waals surface area contributed by atoms with E-state index in [2.05, 4.69) is 0 Å². The number of halogens is 3. The molecule has 0 amide bonds. The van der Waals surface area contributed by atoms with Gasteiger partial charge in [-0.05, 0) is 39.8 Å². The summed E-state index contributed by atoms with van der Waals surface area (Å²) in [6.07, 6.45) is -4.65. The minimum Gasteiger partial charge on any atom is -0.399 e. The van der Waals surface area contributed by atoms with Gasteiger partial charge < -0.3 is 15.0 Å². The van der Waals surface area contributed by atoms with E-state index >= 15 is 0 Å². The smallest absolute Gasteiger partial charge is 0.399 e. The number of benzene rings is 1. The summed E-state index contributed by atoms with van der Waals surface area (Å²) in [6, 6.07) is 3.38. The van der Waals surface area contributed by atoms with Crippen LogP contribution in [0.4, 0.5) is 18.9 Å². The zero-order chi connectivity index (χ0) is 16.9. The van der Waals surface area contributed by atoms with Crippen LogP contribution in [-0.4, -0.2) is 18.3 Å². The maximum atomic E-state index is 12.9. The van der Waals surface area contributed by atoms with Crippen molar-refractivity contribution >= 4 is 18.3 Å². The molecule has 0 aliphatic carbocycles. The van der Waals surface area contributed by atoms with Gasteiger partial charge >= 0.3 is 13.3 Å². The Balaban J connectivity index is 2.50. The quantitative estimate of drug-likeness (QED) is 0.639. The molecule has 1 aliphatic rings. The highest BCUT2D eigenvalue weighted by Crippen LogP contribution is 2.38. The number of alkyl halides is 3. The molecule has 1 aromatic carbocycles. The Bertz CT molecular complexity index is 635. The van der Waals surface area contributed by atoms with Gasteiger partial charge in [-0.2, -0.15) is 18.4 Å². The first-order valence-electron chi connectivity index (χ1n) is 6.65. The Morgan fingerprint density at radius 2 is 1.64 bits per heavy atom. The predicted octanol–water partition coefficient (Wildman–Crippen LogP) is 2.46. The van der Waals surface area contributed by atoms with Crippen molar-refractivity contribution in [2.45, 2.75) is 45.1 Å². The van der Waals surface area contributed by atoms with Crippen molar-refractivity contribution < 1.29 is 22.5 Å². The van der Waals surface area contributed by atoms with Gasteiger partial charge in [-0.3, -0.25) is 0 Å². The lowest BCUT2D eigenvalue weighted by Crippen LogP contribution is -2.41. The van der Waals surface area contributed by atoms with Crippen LogP contribution in [0.25, 0.3) is 0 Å². The van der Waals surface area contributed by atoms with Gasteiger partial charge in [-0.15, -0.1) is 0 Å². The second kappa shape index (κ2) is 4.90. The first kappa shape index (κ1) is 16.7. The summed E-state index contributed by atoms with van der Waals surface area (Å²) in [4.78, 5) is 0. The number of nitrogens with zero attached hydrogens (tertiary/aromatic N) is 1. The van der Waals surface area contributed by atoms with Gasteiger partial charge in [0, 0.05) is 11.2 Å². The molecule has 0 unspecified atom stereocenters. The van der Waals surface area contributed by atoms with Crippen LogP contribution >= 0.6 is 0 Å². The fourth-order valence-corrected chi connectivity index (χ4v) is 2.13. The fourth-order valence-electron chi connectivity index (χ4n) is 2.13. The molecular formula is C14H16BF3N2O2. The lowest BCUT2D eigenvalue weighted by atomic mass is 9.76. The molecule has 118 valence electrons. The van der Waals surface area contributed by atoms with E-state index in [-0.39, 0.29) is 11.2 Å². The van der Waals surface area contributed by atoms with E-state index in [9.17, 15) is 13.2 Å². The lowest BCUT2D eigenvalue weighted by molar-refractivity contribution is -0.137. The zero-order valence-corrected chi connectivity index (χ0v) is 12.7. The number of nitrogen functional groups attached to an aromatic ring is 1. The average Bonchev–Trinajstić information content (AvgIpc) is 2.56. The van der Waals surface area contributed by atoms with Crippen molar-refractivity contribution in [1.82, 2.24) is 0 Å². The maximum absolute atomic E-state index is 12.9. The normalized spacial score (nSPS) is 20.0. The number of hydrogen-bond acceptors (Lipinski definition) is 4. The third-order valence-electron chi connectivity index (χ3n) is 4.16. The van der Waals surface area contributed by atoms with Gasteiger partial charge in [0.15, 0.2) is 0 Å². The molecule has 4 nitrogen and oxygen atoms in total. The molecule has 1 saturated heterocycles. The minimum absolute atomic E-state index is 0.121. The summed E-state index contributed by atoms with van der Waals surface area (Å²) in [5.41, 5.74) is 2.96. The van der Waals surface area contributed by atoms with E-state index < -0.39 is 35.6 Å². The molecule has 2 N–H and O–H groups in total. The number of nitrogens with two attached hydrogens (primary N) is 1. The van der Waals surface area contributed by atoms with Gasteiger partial charge in [0.1, 0.15) is 0 Å². The molecule has 0 spiro atoms. The van der Waals surface area contributed by atoms with Crippen molar-refractivity contribution in [3.63, 3.8) is 0 Å². The Hall–Kier alpha value is -1.72. The van der Waals surface area contributed by atoms with Crippen molar-refractivity contribution in [2.24, 2.45) is 0 Å². The molecule has 0 saturated carbocycles. The summed E-state index contributed by atoms with van der Waals surface area (Å²) in [6.45, 7) is 7.27. The van der Waals surface area contributed by atoms with Crippen LogP contribution < -0.4 is 11.2 Å². The summed E-state index contributed by atoms with van der Waals surface area (Å²) < 4.78 is 50.2. The molecule has 8 heteroatoms. The van der Waals surface area contributed by atoms with Crippen molar-refractivity contribution in [2.75, 3.05) is 5.73 Å². The van der Waals surface area contributed by atoms with Gasteiger partial charge in [-0.1, -0.05) is 0 Å². The standard InChI is InChI=1S/C14H16BF3N2O2/c1-12(2)13(3,4)22-15(21-12)10-5-8(7-19)9(6-11(10)20)14(16,17)18/h5-6H,20H2,1-4H3. The Morgan fingerprint density at radius 3 is 2.05 bits per heavy atom. The second-order valence-corrected chi connectivity index (χ2v) is 6.22. The Labute approximate surface area is 127 Å². The van der Waals surface area contributed by atoms with Crippen molar-refractivity contribution in [3.05, 3.63) is 23.3 Å². The van der Waals surface area contributed by atoms with Gasteiger partial charge in [0.05, 0.1) is 28.4 Å². The molecule has 2 rings (SSSR count). The van der Waals surface area contributed by atoms with Gasteiger partial charge in [0.2, 0.25) is 0 Å². The molecule has 1 aliphatic heterocycles. The molecule has 0 aromatic heterocycles. The number of hydrogen-bond donors (Lipinski definition) is 1. The Morgan fingerprint density at radius 1 is 1.14 bits per heavy atom. The highest BCUT2D eigenvalue weighted by Gasteiger charge is 2.52. The van der Waals surface area contributed by atoms with E-state index in [1.165, 1.54) is 0 Å². The van der Waals surface area contributed by atoms with E-state index in [4.69, 9.17) is 20.3 Å². The van der Waals surface area contributed by atoms with E-state index in [0.717, 1.165) is 12.1 Å². The molecule has 1 heterocycles. The zero-order valence-electron chi connectivity index (χ0n) is 12.7. The van der Waals surface area contributed by atoms with Crippen LogP contribution in [0.3, 0.4) is 0 Å². The molecular weight excluding hydrogens is 296 g/mol. The summed E-state index contributed by atoms with van der Waals surface area (Å²) >= 11 is 0. The van der Waals surface area contributed by atoms with Crippen LogP contribution in [0.1, 0.15) is 38.8 Å². The van der Waals surface area contributed by atoms with Crippen LogP contribution in [0.15, 0.2) is 12.1 Å². The molecule has 22 heavy (non-hydrogen) atoms. The third kappa shape index (κ3) is 2.66. The SMILES string of the molecule is CC1(C)OB(c2cc(C#N)c(C(F)(F)F)cc2N)OC1(C)C. The first-order chi connectivity index (χ1) is 9.89. The molecule has 1 aromatic rings. The fraction of sp³-hybridized carbons (Fsp3) is 0.500. The highest BCUT2D eigenvalue weighted by molar-refractivity contribution is 6.63. The molecule has 0 radical (unpaired) electrons. The summed E-state index contributed by atoms with van der Waals surface area (Å²) in [5, 5.41) is 8.97. The second-order valence-electron chi connectivity index (χ2n) is 6.22. The van der Waals surface area contributed by atoms with Gasteiger partial charge in [0.25, 0.3) is 0 Å². The lowest BCUT2D eigenvalue weighted by Gasteiger charge is -2.32. The number of nitriles is 1. The predicted molar refractivity (Wildman–Crippen MR) is 76.3 cm³/mol. The van der Waals surface area contributed by atoms with Crippen LogP contribution in [0.5, 0.6) is 0 Å². The largest absolute Gasteiger partial charge is 0.497 e. The van der Waals surface area contributed by atoms with E-state index in [1.807, 2.05) is 27.7 Å². The van der Waals surface area contributed by atoms with E-state index in [0.29, 0.717) is 0 Å². The molecule has 0 bridgehead atoms. The maximum Gasteiger partial charge on any atom is 0.497 e. The van der Waals surface area contributed by atoms with Crippen LogP contribution in [-0.2, 0) is 15.5 Å². The molecule has 0 atom stereocenters. The monoisotopic (exact) mass is 312 g/mol. The van der Waals surface area contributed by atoms with Crippen molar-refractivity contribution in [1.29, 1.82) is 5.26 Å². The topological polar surface area (TPSA) is 68.3 Å². The molecule has 1 fully saturated rings. The van der Waals surface area contributed by atoms with Crippen LogP contribution in [0, 0.1) is 11.3 Å². The first-order valence-corrected chi connectivity index (χ1v) is 6.65. The number of rotatable bonds is 1. The highest BCUT2D eigenvalue weighted by atomic mass is 19.4. The van der Waals surface area contributed by atoms with Gasteiger partial charge in [-0.25, -0.2) is 0 Å². The number of anilines is 1. The third-order valence-corrected chi connectivity index (χ3v) is 4.16. The summed E-state index contributed by atoms with van der Waals surface area (Å²) in [7, 11) is -0.917. The van der Waals surface area contributed by atoms with Crippen molar-refractivity contribution in [3.8, 4) is 6.07 Å². The van der Waals surface area contributed by atoms with Crippen LogP contribution in [0.2, 0.25) is 0 Å². The van der Waals surface area contributed by atoms with E-state index in [1.54, 1.807) is 6.07 Å². The summed E-state index contributed by atoms with van der Waals surface area (Å²) in [5.74, 6) is 0. The minimum atomic E-state index is -4.65. The Kier molecular flexibility index (Phi) is 3.71.